The monoisotopic (exact) mass is 354 g/mol. The molecule has 6 heteroatoms. The van der Waals surface area contributed by atoms with Crippen molar-refractivity contribution in [1.29, 1.82) is 0 Å². The second-order valence-electron chi connectivity index (χ2n) is 6.06. The number of amides is 2. The quantitative estimate of drug-likeness (QED) is 0.855. The van der Waals surface area contributed by atoms with Gasteiger partial charge in [-0.2, -0.15) is 0 Å². The smallest absolute Gasteiger partial charge is 0.337 e. The first kappa shape index (κ1) is 17.8. The van der Waals surface area contributed by atoms with Crippen molar-refractivity contribution in [1.82, 2.24) is 10.2 Å². The number of nitrogens with one attached hydrogen (secondary N) is 1. The summed E-state index contributed by atoms with van der Waals surface area (Å²) in [5.41, 5.74) is 1.71. The van der Waals surface area contributed by atoms with Crippen molar-refractivity contribution in [3.63, 3.8) is 0 Å². The molecule has 136 valence electrons. The molecule has 2 amide bonds. The molecule has 0 aromatic heterocycles. The van der Waals surface area contributed by atoms with E-state index in [1.165, 1.54) is 12.0 Å². The molecule has 1 atom stereocenters. The Morgan fingerprint density at radius 3 is 2.65 bits per heavy atom. The first-order valence-electron chi connectivity index (χ1n) is 8.47. The van der Waals surface area contributed by atoms with Crippen LogP contribution in [0.3, 0.4) is 0 Å². The van der Waals surface area contributed by atoms with Gasteiger partial charge < -0.3 is 19.7 Å². The van der Waals surface area contributed by atoms with Gasteiger partial charge in [-0.05, 0) is 30.7 Å². The maximum Gasteiger partial charge on any atom is 0.337 e. The van der Waals surface area contributed by atoms with Crippen molar-refractivity contribution >= 4 is 22.8 Å². The summed E-state index contributed by atoms with van der Waals surface area (Å²) in [5.74, 6) is 0.157. The lowest BCUT2D eigenvalue weighted by atomic mass is 9.90. The average molecular weight is 354 g/mol. The van der Waals surface area contributed by atoms with Crippen molar-refractivity contribution in [2.75, 3.05) is 20.8 Å². The first-order chi connectivity index (χ1) is 12.5. The number of nitrogens with zero attached hydrogens (tertiary/aromatic N) is 1. The fourth-order valence-corrected chi connectivity index (χ4v) is 3.28. The van der Waals surface area contributed by atoms with E-state index >= 15 is 0 Å². The third-order valence-electron chi connectivity index (χ3n) is 4.68. The van der Waals surface area contributed by atoms with Gasteiger partial charge >= 0.3 is 12.0 Å². The van der Waals surface area contributed by atoms with Crippen LogP contribution in [0.25, 0.3) is 10.8 Å². The molecule has 0 spiro atoms. The molecule has 1 heterocycles. The van der Waals surface area contributed by atoms with E-state index in [0.717, 1.165) is 16.3 Å². The topological polar surface area (TPSA) is 67.9 Å². The van der Waals surface area contributed by atoms with E-state index in [4.69, 9.17) is 9.47 Å². The Balaban J connectivity index is 2.31. The highest BCUT2D eigenvalue weighted by Gasteiger charge is 2.37. The third-order valence-corrected chi connectivity index (χ3v) is 4.68. The summed E-state index contributed by atoms with van der Waals surface area (Å²) in [7, 11) is 2.96. The molecule has 0 bridgehead atoms. The number of urea groups is 1. The number of hydrogen-bond acceptors (Lipinski definition) is 4. The highest BCUT2D eigenvalue weighted by Crippen LogP contribution is 2.39. The molecule has 26 heavy (non-hydrogen) atoms. The predicted octanol–water partition coefficient (Wildman–Crippen LogP) is 3.38. The number of allylic oxidation sites excluding steroid dienone is 1. The standard InChI is InChI=1S/C20H22N2O4/c1-5-26-15-11-10-13-8-6-7-9-14(13)17(15)18-16(19(23)25-4)12(2)22(3)20(24)21-18/h6-11,18H,5H2,1-4H3,(H,21,24)/t18-/m1/s1. The number of fused-ring (bicyclic) bond motifs is 1. The normalized spacial score (nSPS) is 17.3. The number of carbonyl (C=O) groups excluding carboxylic acids is 2. The average Bonchev–Trinajstić information content (AvgIpc) is 2.65. The van der Waals surface area contributed by atoms with Gasteiger partial charge in [0.15, 0.2) is 0 Å². The minimum atomic E-state index is -0.654. The SMILES string of the molecule is CCOc1ccc2ccccc2c1[C@@H]1NC(=O)N(C)C(C)=C1C(=O)OC. The molecule has 0 aliphatic carbocycles. The van der Waals surface area contributed by atoms with Crippen LogP contribution >= 0.6 is 0 Å². The largest absolute Gasteiger partial charge is 0.493 e. The summed E-state index contributed by atoms with van der Waals surface area (Å²) < 4.78 is 10.8. The summed E-state index contributed by atoms with van der Waals surface area (Å²) in [6, 6.07) is 10.7. The van der Waals surface area contributed by atoms with Crippen LogP contribution in [-0.4, -0.2) is 37.7 Å². The van der Waals surface area contributed by atoms with Crippen LogP contribution in [0.5, 0.6) is 5.75 Å². The van der Waals surface area contributed by atoms with Crippen LogP contribution in [-0.2, 0) is 9.53 Å². The zero-order valence-electron chi connectivity index (χ0n) is 15.3. The molecule has 6 nitrogen and oxygen atoms in total. The van der Waals surface area contributed by atoms with Crippen LogP contribution in [0, 0.1) is 0 Å². The molecule has 1 aliphatic heterocycles. The Morgan fingerprint density at radius 2 is 1.96 bits per heavy atom. The second kappa shape index (κ2) is 7.07. The van der Waals surface area contributed by atoms with Gasteiger partial charge in [0, 0.05) is 18.3 Å². The minimum absolute atomic E-state index is 0.282. The Morgan fingerprint density at radius 1 is 1.23 bits per heavy atom. The first-order valence-corrected chi connectivity index (χ1v) is 8.47. The highest BCUT2D eigenvalue weighted by molar-refractivity contribution is 5.98. The van der Waals surface area contributed by atoms with Crippen molar-refractivity contribution in [3.8, 4) is 5.75 Å². The molecule has 0 unspecified atom stereocenters. The minimum Gasteiger partial charge on any atom is -0.493 e. The number of hydrogen-bond donors (Lipinski definition) is 1. The molecule has 0 radical (unpaired) electrons. The van der Waals surface area contributed by atoms with Gasteiger partial charge in [0.25, 0.3) is 0 Å². The fourth-order valence-electron chi connectivity index (χ4n) is 3.28. The van der Waals surface area contributed by atoms with Gasteiger partial charge in [-0.25, -0.2) is 9.59 Å². The van der Waals surface area contributed by atoms with E-state index in [2.05, 4.69) is 5.32 Å². The lowest BCUT2D eigenvalue weighted by Gasteiger charge is -2.34. The van der Waals surface area contributed by atoms with Gasteiger partial charge in [0.1, 0.15) is 5.75 Å². The van der Waals surface area contributed by atoms with Gasteiger partial charge in [0.2, 0.25) is 0 Å². The molecular formula is C20H22N2O4. The van der Waals surface area contributed by atoms with Gasteiger partial charge in [-0.3, -0.25) is 0 Å². The predicted molar refractivity (Wildman–Crippen MR) is 98.9 cm³/mol. The van der Waals surface area contributed by atoms with Crippen molar-refractivity contribution in [2.45, 2.75) is 19.9 Å². The molecule has 3 rings (SSSR count). The summed E-state index contributed by atoms with van der Waals surface area (Å²) in [6.07, 6.45) is 0. The summed E-state index contributed by atoms with van der Waals surface area (Å²) in [4.78, 5) is 26.4. The number of ether oxygens (including phenoxy) is 2. The number of rotatable bonds is 4. The van der Waals surface area contributed by atoms with Crippen molar-refractivity contribution in [3.05, 3.63) is 53.2 Å². The van der Waals surface area contributed by atoms with E-state index in [1.54, 1.807) is 14.0 Å². The Kier molecular flexibility index (Phi) is 4.84. The Bertz CT molecular complexity index is 904. The van der Waals surface area contributed by atoms with Crippen LogP contribution in [0.2, 0.25) is 0 Å². The number of esters is 1. The molecule has 0 saturated heterocycles. The molecule has 2 aromatic carbocycles. The molecule has 0 saturated carbocycles. The van der Waals surface area contributed by atoms with Crippen molar-refractivity contribution in [2.24, 2.45) is 0 Å². The summed E-state index contributed by atoms with van der Waals surface area (Å²) in [6.45, 7) is 4.11. The van der Waals surface area contributed by atoms with Gasteiger partial charge in [-0.1, -0.05) is 30.3 Å². The fraction of sp³-hybridized carbons (Fsp3) is 0.300. The van der Waals surface area contributed by atoms with Gasteiger partial charge in [-0.15, -0.1) is 0 Å². The van der Waals surface area contributed by atoms with E-state index in [0.29, 0.717) is 23.6 Å². The maximum atomic E-state index is 12.5. The molecular weight excluding hydrogens is 332 g/mol. The van der Waals surface area contributed by atoms with Crippen LogP contribution in [0.1, 0.15) is 25.5 Å². The summed E-state index contributed by atoms with van der Waals surface area (Å²) in [5, 5.41) is 4.84. The molecule has 0 fully saturated rings. The number of benzene rings is 2. The van der Waals surface area contributed by atoms with Crippen LogP contribution in [0.15, 0.2) is 47.7 Å². The number of carbonyl (C=O) groups is 2. The van der Waals surface area contributed by atoms with E-state index in [-0.39, 0.29) is 6.03 Å². The highest BCUT2D eigenvalue weighted by atomic mass is 16.5. The lowest BCUT2D eigenvalue weighted by Crippen LogP contribution is -2.46. The number of methoxy groups -OCH3 is 1. The lowest BCUT2D eigenvalue weighted by molar-refractivity contribution is -0.136. The Hall–Kier alpha value is -3.02. The summed E-state index contributed by atoms with van der Waals surface area (Å²) >= 11 is 0. The second-order valence-corrected chi connectivity index (χ2v) is 6.06. The zero-order valence-corrected chi connectivity index (χ0v) is 15.3. The molecule has 1 N–H and O–H groups in total. The van der Waals surface area contributed by atoms with E-state index in [1.807, 2.05) is 43.3 Å². The van der Waals surface area contributed by atoms with Gasteiger partial charge in [0.05, 0.1) is 25.3 Å². The zero-order chi connectivity index (χ0) is 18.8. The van der Waals surface area contributed by atoms with E-state index < -0.39 is 12.0 Å². The van der Waals surface area contributed by atoms with E-state index in [9.17, 15) is 9.59 Å². The Labute approximate surface area is 152 Å². The van der Waals surface area contributed by atoms with Crippen LogP contribution in [0.4, 0.5) is 4.79 Å². The molecule has 2 aromatic rings. The van der Waals surface area contributed by atoms with Crippen molar-refractivity contribution < 1.29 is 19.1 Å². The third kappa shape index (κ3) is 2.87. The molecule has 1 aliphatic rings. The maximum absolute atomic E-state index is 12.5. The van der Waals surface area contributed by atoms with Crippen LogP contribution < -0.4 is 10.1 Å².